The summed E-state index contributed by atoms with van der Waals surface area (Å²) in [5, 5.41) is 1.75. The van der Waals surface area contributed by atoms with Crippen molar-refractivity contribution in [2.24, 2.45) is 5.73 Å². The Labute approximate surface area is 122 Å². The molecule has 0 unspecified atom stereocenters. The predicted molar refractivity (Wildman–Crippen MR) is 81.0 cm³/mol. The fraction of sp³-hybridized carbons (Fsp3) is 0.0625. The lowest BCUT2D eigenvalue weighted by atomic mass is 9.94. The molecule has 5 heteroatoms. The molecule has 2 aromatic carbocycles. The van der Waals surface area contributed by atoms with Gasteiger partial charge in [-0.1, -0.05) is 35.9 Å². The zero-order valence-electron chi connectivity index (χ0n) is 11.5. The number of amides is 1. The van der Waals surface area contributed by atoms with Gasteiger partial charge in [0, 0.05) is 11.1 Å². The van der Waals surface area contributed by atoms with Crippen LogP contribution in [0.3, 0.4) is 0 Å². The number of hydrogen-bond donors (Lipinski definition) is 2. The molecule has 1 amide bonds. The van der Waals surface area contributed by atoms with Gasteiger partial charge in [-0.05, 0) is 30.2 Å². The first-order chi connectivity index (χ1) is 10.2. The van der Waals surface area contributed by atoms with E-state index in [1.807, 2.05) is 43.3 Å². The van der Waals surface area contributed by atoms with Crippen LogP contribution in [0.5, 0.6) is 0 Å². The van der Waals surface area contributed by atoms with Crippen molar-refractivity contribution in [3.63, 3.8) is 0 Å². The van der Waals surface area contributed by atoms with Crippen molar-refractivity contribution in [3.05, 3.63) is 66.1 Å². The maximum absolute atomic E-state index is 11.6. The van der Waals surface area contributed by atoms with Crippen LogP contribution in [0.1, 0.15) is 15.9 Å². The molecule has 0 aromatic heterocycles. The van der Waals surface area contributed by atoms with Crippen molar-refractivity contribution < 1.29 is 9.63 Å². The third kappa shape index (κ3) is 2.34. The van der Waals surface area contributed by atoms with Crippen molar-refractivity contribution in [2.75, 3.05) is 5.01 Å². The third-order valence-electron chi connectivity index (χ3n) is 3.46. The lowest BCUT2D eigenvalue weighted by Gasteiger charge is -2.21. The minimum absolute atomic E-state index is 0.433. The molecule has 1 aliphatic rings. The van der Waals surface area contributed by atoms with Gasteiger partial charge in [-0.3, -0.25) is 4.79 Å². The topological polar surface area (TPSA) is 67.6 Å². The number of nitrogens with two attached hydrogens (primary N) is 1. The van der Waals surface area contributed by atoms with Crippen LogP contribution < -0.4 is 16.3 Å². The number of hydrogen-bond acceptors (Lipinski definition) is 4. The van der Waals surface area contributed by atoms with E-state index < -0.39 is 5.91 Å². The molecule has 106 valence electrons. The van der Waals surface area contributed by atoms with Gasteiger partial charge >= 0.3 is 0 Å². The highest BCUT2D eigenvalue weighted by atomic mass is 16.7. The molecule has 0 spiro atoms. The zero-order chi connectivity index (χ0) is 14.8. The van der Waals surface area contributed by atoms with Gasteiger partial charge in [0.2, 0.25) is 5.91 Å². The second-order valence-corrected chi connectivity index (χ2v) is 4.73. The molecule has 0 atom stereocenters. The number of carbonyl (C=O) groups excluding carboxylic acids is 1. The van der Waals surface area contributed by atoms with Gasteiger partial charge in [0.15, 0.2) is 0 Å². The van der Waals surface area contributed by atoms with Crippen molar-refractivity contribution in [3.8, 4) is 11.1 Å². The van der Waals surface area contributed by atoms with E-state index >= 15 is 0 Å². The molecule has 3 rings (SSSR count). The lowest BCUT2D eigenvalue weighted by Crippen LogP contribution is -2.28. The van der Waals surface area contributed by atoms with Gasteiger partial charge in [0.25, 0.3) is 0 Å². The molecule has 21 heavy (non-hydrogen) atoms. The fourth-order valence-corrected chi connectivity index (χ4v) is 2.47. The summed E-state index contributed by atoms with van der Waals surface area (Å²) in [5.74, 6) is -0.433. The molecule has 0 fully saturated rings. The normalized spacial score (nSPS) is 13.3. The molecule has 5 nitrogen and oxygen atoms in total. The first-order valence-electron chi connectivity index (χ1n) is 6.54. The van der Waals surface area contributed by atoms with Crippen LogP contribution in [0, 0.1) is 6.92 Å². The zero-order valence-corrected chi connectivity index (χ0v) is 11.5. The van der Waals surface area contributed by atoms with Crippen LogP contribution in [0.15, 0.2) is 54.9 Å². The highest BCUT2D eigenvalue weighted by Gasteiger charge is 2.19. The maximum Gasteiger partial charge on any atom is 0.248 e. The lowest BCUT2D eigenvalue weighted by molar-refractivity contribution is 0.1000. The Morgan fingerprint density at radius 2 is 1.95 bits per heavy atom. The SMILES string of the molecule is Cc1c(C(N)=O)ccc(N2C=CON2)c1-c1ccccc1. The van der Waals surface area contributed by atoms with E-state index in [1.54, 1.807) is 23.5 Å². The van der Waals surface area contributed by atoms with Gasteiger partial charge in [-0.25, -0.2) is 5.01 Å². The van der Waals surface area contributed by atoms with Gasteiger partial charge < -0.3 is 10.6 Å². The van der Waals surface area contributed by atoms with Crippen LogP contribution in [0.4, 0.5) is 5.69 Å². The minimum atomic E-state index is -0.433. The van der Waals surface area contributed by atoms with Crippen LogP contribution in [0.25, 0.3) is 11.1 Å². The molecule has 0 aliphatic carbocycles. The Morgan fingerprint density at radius 3 is 2.57 bits per heavy atom. The van der Waals surface area contributed by atoms with E-state index in [1.165, 1.54) is 0 Å². The van der Waals surface area contributed by atoms with E-state index in [0.717, 1.165) is 22.4 Å². The smallest absolute Gasteiger partial charge is 0.248 e. The second-order valence-electron chi connectivity index (χ2n) is 4.73. The number of primary amides is 1. The maximum atomic E-state index is 11.6. The number of hydrazine groups is 1. The summed E-state index contributed by atoms with van der Waals surface area (Å²) in [6.07, 6.45) is 3.32. The molecular weight excluding hydrogens is 266 g/mol. The van der Waals surface area contributed by atoms with Crippen LogP contribution in [-0.4, -0.2) is 5.91 Å². The first kappa shape index (κ1) is 13.2. The number of nitrogens with one attached hydrogen (secondary N) is 1. The van der Waals surface area contributed by atoms with Gasteiger partial charge in [0.05, 0.1) is 11.9 Å². The number of anilines is 1. The Balaban J connectivity index is 2.23. The standard InChI is InChI=1S/C16H15N3O2/c1-11-13(16(17)20)7-8-14(19-9-10-21-18-19)15(11)12-5-3-2-4-6-12/h2-10,18H,1H3,(H2,17,20). The monoisotopic (exact) mass is 281 g/mol. The number of rotatable bonds is 3. The van der Waals surface area contributed by atoms with Crippen molar-refractivity contribution in [1.82, 2.24) is 5.59 Å². The largest absolute Gasteiger partial charge is 0.395 e. The van der Waals surface area contributed by atoms with Crippen molar-refractivity contribution in [2.45, 2.75) is 6.92 Å². The number of benzene rings is 2. The van der Waals surface area contributed by atoms with E-state index in [-0.39, 0.29) is 0 Å². The summed E-state index contributed by atoms with van der Waals surface area (Å²) in [7, 11) is 0. The molecule has 0 saturated heterocycles. The van der Waals surface area contributed by atoms with Gasteiger partial charge in [-0.2, -0.15) is 0 Å². The Hall–Kier alpha value is -2.79. The van der Waals surface area contributed by atoms with Crippen LogP contribution in [0.2, 0.25) is 0 Å². The summed E-state index contributed by atoms with van der Waals surface area (Å²) in [6.45, 7) is 1.90. The summed E-state index contributed by atoms with van der Waals surface area (Å²) in [4.78, 5) is 16.6. The Morgan fingerprint density at radius 1 is 1.19 bits per heavy atom. The Bertz CT molecular complexity index is 711. The molecule has 1 aliphatic heterocycles. The third-order valence-corrected chi connectivity index (χ3v) is 3.46. The quantitative estimate of drug-likeness (QED) is 0.907. The summed E-state index contributed by atoms with van der Waals surface area (Å²) < 4.78 is 0. The summed E-state index contributed by atoms with van der Waals surface area (Å²) >= 11 is 0. The second kappa shape index (κ2) is 5.30. The van der Waals surface area contributed by atoms with Gasteiger partial charge in [-0.15, -0.1) is 0 Å². The van der Waals surface area contributed by atoms with E-state index in [2.05, 4.69) is 5.59 Å². The molecule has 0 saturated carbocycles. The minimum Gasteiger partial charge on any atom is -0.395 e. The Kier molecular flexibility index (Phi) is 3.33. The number of nitrogens with zero attached hydrogens (tertiary/aromatic N) is 1. The van der Waals surface area contributed by atoms with Crippen LogP contribution in [-0.2, 0) is 4.84 Å². The first-order valence-corrected chi connectivity index (χ1v) is 6.54. The highest BCUT2D eigenvalue weighted by Crippen LogP contribution is 2.35. The summed E-state index contributed by atoms with van der Waals surface area (Å²) in [5.41, 5.74) is 12.4. The predicted octanol–water partition coefficient (Wildman–Crippen LogP) is 2.49. The average Bonchev–Trinajstić information content (AvgIpc) is 3.01. The molecule has 0 bridgehead atoms. The molecule has 0 radical (unpaired) electrons. The van der Waals surface area contributed by atoms with Crippen LogP contribution >= 0.6 is 0 Å². The average molecular weight is 281 g/mol. The fourth-order valence-electron chi connectivity index (χ4n) is 2.47. The van der Waals surface area contributed by atoms with Gasteiger partial charge in [0.1, 0.15) is 6.26 Å². The van der Waals surface area contributed by atoms with E-state index in [4.69, 9.17) is 10.6 Å². The molecular formula is C16H15N3O2. The highest BCUT2D eigenvalue weighted by molar-refractivity contribution is 5.98. The van der Waals surface area contributed by atoms with E-state index in [9.17, 15) is 4.79 Å². The van der Waals surface area contributed by atoms with Crippen molar-refractivity contribution in [1.29, 1.82) is 0 Å². The molecule has 2 aromatic rings. The molecule has 1 heterocycles. The van der Waals surface area contributed by atoms with Crippen molar-refractivity contribution >= 4 is 11.6 Å². The van der Waals surface area contributed by atoms with E-state index in [0.29, 0.717) is 5.56 Å². The number of carbonyl (C=O) groups is 1. The summed E-state index contributed by atoms with van der Waals surface area (Å²) in [6, 6.07) is 13.4. The molecule has 3 N–H and O–H groups in total.